The summed E-state index contributed by atoms with van der Waals surface area (Å²) in [5.74, 6) is -0.211. The third-order valence-corrected chi connectivity index (χ3v) is 5.98. The van der Waals surface area contributed by atoms with Crippen molar-refractivity contribution < 1.29 is 19.1 Å². The molecule has 1 aromatic carbocycles. The van der Waals surface area contributed by atoms with Crippen molar-refractivity contribution in [2.75, 3.05) is 39.3 Å². The fourth-order valence-electron chi connectivity index (χ4n) is 4.22. The number of fused-ring (bicyclic) bond motifs is 1. The summed E-state index contributed by atoms with van der Waals surface area (Å²) in [6.45, 7) is 5.49. The maximum atomic E-state index is 12.9. The number of amides is 3. The molecule has 1 saturated heterocycles. The van der Waals surface area contributed by atoms with E-state index in [0.29, 0.717) is 45.8 Å². The van der Waals surface area contributed by atoms with Gasteiger partial charge in [-0.3, -0.25) is 9.59 Å². The number of nitrogens with zero attached hydrogens (tertiary/aromatic N) is 3. The minimum Gasteiger partial charge on any atom is -0.450 e. The van der Waals surface area contributed by atoms with E-state index in [4.69, 9.17) is 4.74 Å². The van der Waals surface area contributed by atoms with Crippen LogP contribution in [0.5, 0.6) is 0 Å². The van der Waals surface area contributed by atoms with Crippen LogP contribution in [0.3, 0.4) is 0 Å². The predicted molar refractivity (Wildman–Crippen MR) is 102 cm³/mol. The highest BCUT2D eigenvalue weighted by Crippen LogP contribution is 2.42. The third kappa shape index (κ3) is 3.70. The zero-order valence-electron chi connectivity index (χ0n) is 16.3. The summed E-state index contributed by atoms with van der Waals surface area (Å²) in [6.07, 6.45) is 1.20. The molecule has 0 radical (unpaired) electrons. The van der Waals surface area contributed by atoms with Gasteiger partial charge in [0.05, 0.1) is 18.4 Å². The smallest absolute Gasteiger partial charge is 0.409 e. The van der Waals surface area contributed by atoms with E-state index in [-0.39, 0.29) is 29.7 Å². The molecule has 1 aliphatic carbocycles. The number of benzene rings is 1. The van der Waals surface area contributed by atoms with Gasteiger partial charge in [-0.05, 0) is 30.9 Å². The molecular weight excluding hydrogens is 358 g/mol. The Hall–Kier alpha value is -2.57. The number of carbonyl (C=O) groups is 3. The number of carbonyl (C=O) groups excluding carboxylic acids is 3. The highest BCUT2D eigenvalue weighted by atomic mass is 16.6. The van der Waals surface area contributed by atoms with Crippen LogP contribution in [0, 0.1) is 11.8 Å². The van der Waals surface area contributed by atoms with E-state index in [2.05, 4.69) is 12.1 Å². The Morgan fingerprint density at radius 2 is 1.50 bits per heavy atom. The fraction of sp³-hybridized carbons (Fsp3) is 0.571. The Bertz CT molecular complexity index is 773. The summed E-state index contributed by atoms with van der Waals surface area (Å²) >= 11 is 0. The zero-order chi connectivity index (χ0) is 19.7. The van der Waals surface area contributed by atoms with Crippen molar-refractivity contribution >= 4 is 17.9 Å². The highest BCUT2D eigenvalue weighted by molar-refractivity contribution is 5.92. The van der Waals surface area contributed by atoms with Crippen LogP contribution in [0.2, 0.25) is 0 Å². The van der Waals surface area contributed by atoms with Crippen molar-refractivity contribution in [3.63, 3.8) is 0 Å². The van der Waals surface area contributed by atoms with Gasteiger partial charge in [0.25, 0.3) is 0 Å². The van der Waals surface area contributed by atoms with Gasteiger partial charge in [0.1, 0.15) is 0 Å². The molecule has 2 atom stereocenters. The van der Waals surface area contributed by atoms with Gasteiger partial charge in [-0.1, -0.05) is 24.3 Å². The maximum absolute atomic E-state index is 12.9. The predicted octanol–water partition coefficient (Wildman–Crippen LogP) is 1.51. The van der Waals surface area contributed by atoms with E-state index in [0.717, 1.165) is 13.0 Å². The Morgan fingerprint density at radius 3 is 2.18 bits per heavy atom. The molecule has 3 aliphatic rings. The lowest BCUT2D eigenvalue weighted by Crippen LogP contribution is -2.51. The summed E-state index contributed by atoms with van der Waals surface area (Å²) in [6, 6.07) is 8.24. The molecule has 2 unspecified atom stereocenters. The number of hydrogen-bond acceptors (Lipinski definition) is 4. The Morgan fingerprint density at radius 1 is 0.893 bits per heavy atom. The molecule has 0 spiro atoms. The summed E-state index contributed by atoms with van der Waals surface area (Å²) in [5.41, 5.74) is 2.52. The molecule has 1 saturated carbocycles. The average molecular weight is 385 g/mol. The lowest BCUT2D eigenvalue weighted by molar-refractivity contribution is -0.139. The van der Waals surface area contributed by atoms with Gasteiger partial charge >= 0.3 is 6.09 Å². The van der Waals surface area contributed by atoms with E-state index in [1.807, 2.05) is 17.0 Å². The van der Waals surface area contributed by atoms with Crippen LogP contribution >= 0.6 is 0 Å². The van der Waals surface area contributed by atoms with Crippen molar-refractivity contribution in [1.29, 1.82) is 0 Å². The fourth-order valence-corrected chi connectivity index (χ4v) is 4.22. The second-order valence-electron chi connectivity index (χ2n) is 7.74. The van der Waals surface area contributed by atoms with E-state index in [9.17, 15) is 14.4 Å². The summed E-state index contributed by atoms with van der Waals surface area (Å²) < 4.78 is 5.01. The van der Waals surface area contributed by atoms with Crippen molar-refractivity contribution in [3.05, 3.63) is 35.4 Å². The van der Waals surface area contributed by atoms with Crippen molar-refractivity contribution in [1.82, 2.24) is 14.7 Å². The first-order valence-corrected chi connectivity index (χ1v) is 10.1. The monoisotopic (exact) mass is 385 g/mol. The summed E-state index contributed by atoms with van der Waals surface area (Å²) in [5, 5.41) is 0. The van der Waals surface area contributed by atoms with Crippen LogP contribution in [0.4, 0.5) is 4.79 Å². The van der Waals surface area contributed by atoms with Gasteiger partial charge in [-0.25, -0.2) is 4.79 Å². The SMILES string of the molecule is CCOC(=O)N1CCN(C(=O)C2CC2C(=O)N2CCc3ccccc3C2)CC1. The second kappa shape index (κ2) is 7.81. The van der Waals surface area contributed by atoms with Crippen LogP contribution in [0.25, 0.3) is 0 Å². The van der Waals surface area contributed by atoms with Gasteiger partial charge in [0.2, 0.25) is 11.8 Å². The van der Waals surface area contributed by atoms with E-state index >= 15 is 0 Å². The van der Waals surface area contributed by atoms with E-state index < -0.39 is 0 Å². The van der Waals surface area contributed by atoms with E-state index in [1.54, 1.807) is 16.7 Å². The lowest BCUT2D eigenvalue weighted by Gasteiger charge is -2.34. The molecule has 7 nitrogen and oxygen atoms in total. The summed E-state index contributed by atoms with van der Waals surface area (Å²) in [7, 11) is 0. The van der Waals surface area contributed by atoms with Crippen molar-refractivity contribution in [2.24, 2.45) is 11.8 Å². The quantitative estimate of drug-likeness (QED) is 0.791. The minimum absolute atomic E-state index is 0.0549. The average Bonchev–Trinajstić information content (AvgIpc) is 3.53. The normalized spacial score (nSPS) is 23.8. The van der Waals surface area contributed by atoms with Gasteiger partial charge in [0.15, 0.2) is 0 Å². The molecule has 4 rings (SSSR count). The van der Waals surface area contributed by atoms with Crippen LogP contribution in [0.1, 0.15) is 24.5 Å². The van der Waals surface area contributed by atoms with Gasteiger partial charge in [-0.2, -0.15) is 0 Å². The standard InChI is InChI=1S/C21H27N3O4/c1-2-28-21(27)23-11-9-22(10-12-23)19(25)17-13-18(17)20(26)24-8-7-15-5-3-4-6-16(15)14-24/h3-6,17-18H,2,7-14H2,1H3. The highest BCUT2D eigenvalue weighted by Gasteiger charge is 2.51. The van der Waals surface area contributed by atoms with Crippen LogP contribution in [-0.2, 0) is 27.3 Å². The number of piperazine rings is 1. The molecule has 0 bridgehead atoms. The molecule has 150 valence electrons. The van der Waals surface area contributed by atoms with E-state index in [1.165, 1.54) is 11.1 Å². The molecule has 2 aliphatic heterocycles. The molecule has 7 heteroatoms. The second-order valence-corrected chi connectivity index (χ2v) is 7.74. The molecule has 0 aromatic heterocycles. The lowest BCUT2D eigenvalue weighted by atomic mass is 9.99. The van der Waals surface area contributed by atoms with Gasteiger partial charge in [-0.15, -0.1) is 0 Å². The number of ether oxygens (including phenoxy) is 1. The maximum Gasteiger partial charge on any atom is 0.409 e. The first-order valence-electron chi connectivity index (χ1n) is 10.1. The van der Waals surface area contributed by atoms with Crippen molar-refractivity contribution in [2.45, 2.75) is 26.3 Å². The van der Waals surface area contributed by atoms with Crippen LogP contribution in [-0.4, -0.2) is 71.9 Å². The first-order chi connectivity index (χ1) is 13.6. The topological polar surface area (TPSA) is 70.2 Å². The third-order valence-electron chi connectivity index (χ3n) is 5.98. The molecule has 2 fully saturated rings. The number of hydrogen-bond donors (Lipinski definition) is 0. The Balaban J connectivity index is 1.28. The molecular formula is C21H27N3O4. The molecule has 0 N–H and O–H groups in total. The zero-order valence-corrected chi connectivity index (χ0v) is 16.3. The van der Waals surface area contributed by atoms with Gasteiger partial charge in [0, 0.05) is 39.3 Å². The van der Waals surface area contributed by atoms with Crippen LogP contribution in [0.15, 0.2) is 24.3 Å². The minimum atomic E-state index is -0.320. The van der Waals surface area contributed by atoms with Gasteiger partial charge < -0.3 is 19.4 Å². The Labute approximate surface area is 165 Å². The molecule has 3 amide bonds. The van der Waals surface area contributed by atoms with Crippen molar-refractivity contribution in [3.8, 4) is 0 Å². The molecule has 1 aromatic rings. The largest absolute Gasteiger partial charge is 0.450 e. The Kier molecular flexibility index (Phi) is 5.24. The number of rotatable bonds is 3. The van der Waals surface area contributed by atoms with Crippen LogP contribution < -0.4 is 0 Å². The molecule has 2 heterocycles. The molecule has 28 heavy (non-hydrogen) atoms. The summed E-state index contributed by atoms with van der Waals surface area (Å²) in [4.78, 5) is 42.7. The first kappa shape index (κ1) is 18.8.